The van der Waals surface area contributed by atoms with Crippen molar-refractivity contribution in [2.24, 2.45) is 0 Å². The second-order valence-corrected chi connectivity index (χ2v) is 40.1. The van der Waals surface area contributed by atoms with Gasteiger partial charge in [0.05, 0.1) is 0 Å². The Hall–Kier alpha value is 0.716. The number of allylic oxidation sites excluding steroid dienone is 4. The number of hydrogen-bond donors (Lipinski definition) is 0. The van der Waals surface area contributed by atoms with Crippen molar-refractivity contribution in [3.8, 4) is 0 Å². The van der Waals surface area contributed by atoms with Crippen LogP contribution < -0.4 is 0 Å². The second-order valence-electron chi connectivity index (χ2n) is 5.43. The second kappa shape index (κ2) is 5.37. The van der Waals surface area contributed by atoms with Gasteiger partial charge in [-0.05, 0) is 0 Å². The third kappa shape index (κ3) is 1.89. The molecule has 0 saturated heterocycles. The summed E-state index contributed by atoms with van der Waals surface area (Å²) in [6.07, 6.45) is 7.32. The Morgan fingerprint density at radius 3 is 1.76 bits per heavy atom. The van der Waals surface area contributed by atoms with Crippen LogP contribution in [0.2, 0.25) is 0 Å². The van der Waals surface area contributed by atoms with Crippen LogP contribution in [0.3, 0.4) is 0 Å². The van der Waals surface area contributed by atoms with Gasteiger partial charge in [0.15, 0.2) is 0 Å². The van der Waals surface area contributed by atoms with E-state index in [9.17, 15) is 3.50 Å². The topological polar surface area (TPSA) is 9.72 Å². The van der Waals surface area contributed by atoms with Crippen molar-refractivity contribution in [2.45, 2.75) is 6.42 Å². The molecule has 0 bridgehead atoms. The molecule has 0 heterocycles. The van der Waals surface area contributed by atoms with Crippen molar-refractivity contribution < 1.29 is 20.6 Å². The Balaban J connectivity index is 3.52. The van der Waals surface area contributed by atoms with Crippen molar-refractivity contribution in [3.05, 3.63) is 21.5 Å². The SMILES string of the molecule is C[N](C)[Zr]([GeH2][F])([C]1=CC=CC1)([N](C)C)[N](C)C. The van der Waals surface area contributed by atoms with E-state index in [2.05, 4.69) is 69.0 Å². The van der Waals surface area contributed by atoms with E-state index >= 15 is 0 Å². The molecular weight excluding hydrogens is 357 g/mol. The predicted molar refractivity (Wildman–Crippen MR) is 72.6 cm³/mol. The summed E-state index contributed by atoms with van der Waals surface area (Å²) in [5, 5.41) is 0. The molecule has 0 fully saturated rings. The van der Waals surface area contributed by atoms with Gasteiger partial charge in [-0.2, -0.15) is 0 Å². The van der Waals surface area contributed by atoms with Crippen LogP contribution >= 0.6 is 0 Å². The van der Waals surface area contributed by atoms with Gasteiger partial charge in [-0.15, -0.1) is 0 Å². The molecule has 6 heteroatoms. The standard InChI is InChI=1S/C5H5.3C2H6N.FGeH2.Zr/c1-2-4-5-3-1;3*1-3-2;1-2;/h1-3H,4H2;3*1-2H3;2H2;/q;3*-1;;+3. The Bertz CT molecular complexity index is 328. The van der Waals surface area contributed by atoms with Crippen molar-refractivity contribution >= 4 is 12.1 Å². The number of nitrogens with zero attached hydrogens (tertiary/aromatic N) is 3. The van der Waals surface area contributed by atoms with Crippen molar-refractivity contribution in [1.82, 2.24) is 8.53 Å². The van der Waals surface area contributed by atoms with E-state index in [1.54, 1.807) is 0 Å². The molecule has 1 aliphatic carbocycles. The van der Waals surface area contributed by atoms with E-state index in [0.29, 0.717) is 0 Å². The van der Waals surface area contributed by atoms with Gasteiger partial charge in [-0.25, -0.2) is 0 Å². The summed E-state index contributed by atoms with van der Waals surface area (Å²) < 4.78 is 22.6. The molecule has 1 rings (SSSR count). The first-order chi connectivity index (χ1) is 7.84. The predicted octanol–water partition coefficient (Wildman–Crippen LogP) is 0.918. The first-order valence-corrected chi connectivity index (χ1v) is 22.1. The van der Waals surface area contributed by atoms with Gasteiger partial charge in [0, 0.05) is 0 Å². The fourth-order valence-corrected chi connectivity index (χ4v) is 32.3. The van der Waals surface area contributed by atoms with Gasteiger partial charge in [0.25, 0.3) is 0 Å². The molecule has 0 amide bonds. The summed E-state index contributed by atoms with van der Waals surface area (Å²) >= 11 is -6.03. The molecule has 0 radical (unpaired) electrons. The molecule has 0 aromatic heterocycles. The van der Waals surface area contributed by atoms with Crippen LogP contribution in [0.5, 0.6) is 0 Å². The molecule has 17 heavy (non-hydrogen) atoms. The summed E-state index contributed by atoms with van der Waals surface area (Å²) in [4.78, 5) is 0. The van der Waals surface area contributed by atoms with Crippen LogP contribution in [-0.4, -0.2) is 62.9 Å². The summed E-state index contributed by atoms with van der Waals surface area (Å²) in [6.45, 7) is 0. The summed E-state index contributed by atoms with van der Waals surface area (Å²) in [5.74, 6) is 0. The summed E-state index contributed by atoms with van der Waals surface area (Å²) in [6, 6.07) is 0. The molecule has 0 spiro atoms. The van der Waals surface area contributed by atoms with Crippen LogP contribution in [-0.2, 0) is 17.1 Å². The molecular formula is C11H25FGeN3Zr. The van der Waals surface area contributed by atoms with E-state index in [-0.39, 0.29) is 0 Å². The Morgan fingerprint density at radius 1 is 1.06 bits per heavy atom. The van der Waals surface area contributed by atoms with Gasteiger partial charge in [0.2, 0.25) is 0 Å². The molecule has 0 atom stereocenters. The zero-order valence-corrected chi connectivity index (χ0v) is 17.3. The van der Waals surface area contributed by atoms with Crippen LogP contribution in [0.25, 0.3) is 0 Å². The van der Waals surface area contributed by atoms with Crippen LogP contribution in [0.1, 0.15) is 6.42 Å². The normalized spacial score (nSPS) is 19.6. The number of rotatable bonds is 5. The van der Waals surface area contributed by atoms with E-state index in [1.165, 1.54) is 3.28 Å². The fourth-order valence-electron chi connectivity index (χ4n) is 3.33. The third-order valence-corrected chi connectivity index (χ3v) is 59.0. The monoisotopic (exact) mass is 382 g/mol. The first-order valence-electron chi connectivity index (χ1n) is 5.94. The average Bonchev–Trinajstić information content (AvgIpc) is 2.72. The van der Waals surface area contributed by atoms with Crippen molar-refractivity contribution in [1.29, 1.82) is 0 Å². The van der Waals surface area contributed by atoms with Crippen LogP contribution in [0, 0.1) is 0 Å². The molecule has 0 aliphatic heterocycles. The Labute approximate surface area is 111 Å². The Kier molecular flexibility index (Phi) is 4.99. The molecule has 0 unspecified atom stereocenters. The maximum atomic E-state index is 14.5. The van der Waals surface area contributed by atoms with Gasteiger partial charge in [0.1, 0.15) is 0 Å². The van der Waals surface area contributed by atoms with Gasteiger partial charge >= 0.3 is 111 Å². The van der Waals surface area contributed by atoms with Gasteiger partial charge in [-0.3, -0.25) is 0 Å². The maximum absolute atomic E-state index is 14.5. The molecule has 0 saturated carbocycles. The number of hydrogen-bond acceptors (Lipinski definition) is 3. The van der Waals surface area contributed by atoms with Crippen molar-refractivity contribution in [2.75, 3.05) is 42.3 Å². The van der Waals surface area contributed by atoms with E-state index < -0.39 is 29.3 Å². The molecule has 0 N–H and O–H groups in total. The molecule has 99 valence electrons. The molecule has 0 aromatic rings. The summed E-state index contributed by atoms with van der Waals surface area (Å²) in [7, 11) is 12.4. The average molecular weight is 382 g/mol. The molecule has 3 nitrogen and oxygen atoms in total. The minimum absolute atomic E-state index is 0.926. The van der Waals surface area contributed by atoms with E-state index in [4.69, 9.17) is 0 Å². The van der Waals surface area contributed by atoms with E-state index in [0.717, 1.165) is 6.42 Å². The van der Waals surface area contributed by atoms with E-state index in [1.807, 2.05) is 0 Å². The number of halogens is 1. The zero-order valence-electron chi connectivity index (χ0n) is 11.9. The molecule has 1 aliphatic rings. The quantitative estimate of drug-likeness (QED) is 0.655. The van der Waals surface area contributed by atoms with Gasteiger partial charge in [-0.1, -0.05) is 0 Å². The first kappa shape index (κ1) is 15.8. The summed E-state index contributed by atoms with van der Waals surface area (Å²) in [5.41, 5.74) is 0. The van der Waals surface area contributed by atoms with Gasteiger partial charge < -0.3 is 0 Å². The van der Waals surface area contributed by atoms with Crippen LogP contribution in [0.15, 0.2) is 21.5 Å². The minimum atomic E-state index is -3.86. The zero-order chi connectivity index (χ0) is 13.3. The fraction of sp³-hybridized carbons (Fsp3) is 0.636. The van der Waals surface area contributed by atoms with Crippen molar-refractivity contribution in [3.63, 3.8) is 0 Å². The van der Waals surface area contributed by atoms with Crippen LogP contribution in [0.4, 0.5) is 3.50 Å². The third-order valence-electron chi connectivity index (χ3n) is 4.49. The molecule has 0 aromatic carbocycles. The Morgan fingerprint density at radius 2 is 1.53 bits per heavy atom.